The van der Waals surface area contributed by atoms with Crippen molar-refractivity contribution >= 4 is 5.91 Å². The van der Waals surface area contributed by atoms with Crippen molar-refractivity contribution in [3.63, 3.8) is 0 Å². The Balaban J connectivity index is 1.90. The molecule has 1 heterocycles. The van der Waals surface area contributed by atoms with Gasteiger partial charge in [-0.15, -0.1) is 0 Å². The third-order valence-corrected chi connectivity index (χ3v) is 4.14. The highest BCUT2D eigenvalue weighted by Crippen LogP contribution is 2.13. The maximum Gasteiger partial charge on any atom is 0.251 e. The van der Waals surface area contributed by atoms with E-state index in [-0.39, 0.29) is 5.91 Å². The van der Waals surface area contributed by atoms with E-state index in [9.17, 15) is 4.79 Å². The van der Waals surface area contributed by atoms with Gasteiger partial charge in [0.05, 0.1) is 0 Å². The molecule has 3 N–H and O–H groups in total. The van der Waals surface area contributed by atoms with E-state index in [1.54, 1.807) is 0 Å². The summed E-state index contributed by atoms with van der Waals surface area (Å²) in [5.41, 5.74) is 7.44. The number of carbonyl (C=O) groups excluding carboxylic acids is 1. The van der Waals surface area contributed by atoms with E-state index < -0.39 is 0 Å². The summed E-state index contributed by atoms with van der Waals surface area (Å²) in [7, 11) is 0. The van der Waals surface area contributed by atoms with E-state index in [1.165, 1.54) is 13.0 Å². The normalized spacial score (nSPS) is 16.9. The highest BCUT2D eigenvalue weighted by atomic mass is 16.1. The lowest BCUT2D eigenvalue weighted by Crippen LogP contribution is -2.45. The zero-order valence-corrected chi connectivity index (χ0v) is 13.0. The predicted molar refractivity (Wildman–Crippen MR) is 86.4 cm³/mol. The second kappa shape index (κ2) is 8.15. The summed E-state index contributed by atoms with van der Waals surface area (Å²) in [6, 6.07) is 8.07. The van der Waals surface area contributed by atoms with Crippen molar-refractivity contribution in [2.24, 2.45) is 5.73 Å². The van der Waals surface area contributed by atoms with Gasteiger partial charge in [-0.2, -0.15) is 0 Å². The molecule has 1 amide bonds. The molecule has 0 atom stereocenters. The molecule has 1 saturated heterocycles. The molecule has 4 nitrogen and oxygen atoms in total. The molecule has 2 rings (SSSR count). The molecule has 0 spiro atoms. The lowest BCUT2D eigenvalue weighted by Gasteiger charge is -2.32. The van der Waals surface area contributed by atoms with Crippen LogP contribution in [0, 0.1) is 0 Å². The highest BCUT2D eigenvalue weighted by Gasteiger charge is 2.21. The molecule has 1 aliphatic rings. The molecule has 4 heteroatoms. The van der Waals surface area contributed by atoms with Crippen LogP contribution in [-0.2, 0) is 6.42 Å². The first-order chi connectivity index (χ1) is 10.2. The van der Waals surface area contributed by atoms with Gasteiger partial charge >= 0.3 is 0 Å². The van der Waals surface area contributed by atoms with Crippen LogP contribution in [0.25, 0.3) is 0 Å². The van der Waals surface area contributed by atoms with Crippen LogP contribution in [-0.4, -0.2) is 43.0 Å². The quantitative estimate of drug-likeness (QED) is 0.839. The molecular weight excluding hydrogens is 262 g/mol. The van der Waals surface area contributed by atoms with Crippen molar-refractivity contribution in [2.75, 3.05) is 26.2 Å². The molecule has 1 fully saturated rings. The average Bonchev–Trinajstić information content (AvgIpc) is 2.50. The number of likely N-dealkylation sites (tertiary alicyclic amines) is 1. The Labute approximate surface area is 127 Å². The van der Waals surface area contributed by atoms with Gasteiger partial charge in [-0.3, -0.25) is 4.79 Å². The summed E-state index contributed by atoms with van der Waals surface area (Å²) < 4.78 is 0. The van der Waals surface area contributed by atoms with E-state index in [0.29, 0.717) is 12.6 Å². The van der Waals surface area contributed by atoms with Crippen LogP contribution in [0.1, 0.15) is 42.1 Å². The van der Waals surface area contributed by atoms with Crippen molar-refractivity contribution in [3.05, 3.63) is 35.4 Å². The summed E-state index contributed by atoms with van der Waals surface area (Å²) in [5.74, 6) is 0.0491. The topological polar surface area (TPSA) is 58.4 Å². The Morgan fingerprint density at radius 3 is 2.71 bits per heavy atom. The van der Waals surface area contributed by atoms with Gasteiger partial charge in [-0.05, 0) is 50.4 Å². The van der Waals surface area contributed by atoms with Crippen molar-refractivity contribution in [1.82, 2.24) is 10.2 Å². The Morgan fingerprint density at radius 2 is 2.05 bits per heavy atom. The Bertz CT molecular complexity index is 453. The monoisotopic (exact) mass is 289 g/mol. The molecule has 0 radical (unpaired) electrons. The fraction of sp³-hybridized carbons (Fsp3) is 0.588. The van der Waals surface area contributed by atoms with E-state index in [0.717, 1.165) is 43.5 Å². The van der Waals surface area contributed by atoms with Crippen LogP contribution in [0.3, 0.4) is 0 Å². The number of nitrogens with zero attached hydrogens (tertiary/aromatic N) is 1. The molecule has 21 heavy (non-hydrogen) atoms. The second-order valence-corrected chi connectivity index (χ2v) is 5.79. The summed E-state index contributed by atoms with van der Waals surface area (Å²) in [4.78, 5) is 14.9. The van der Waals surface area contributed by atoms with Crippen molar-refractivity contribution in [3.8, 4) is 0 Å². The van der Waals surface area contributed by atoms with Crippen LogP contribution in [0.2, 0.25) is 0 Å². The summed E-state index contributed by atoms with van der Waals surface area (Å²) >= 11 is 0. The van der Waals surface area contributed by atoms with Crippen LogP contribution < -0.4 is 11.1 Å². The molecule has 116 valence electrons. The van der Waals surface area contributed by atoms with Gasteiger partial charge in [0.2, 0.25) is 0 Å². The number of nitrogens with two attached hydrogens (primary N) is 1. The fourth-order valence-electron chi connectivity index (χ4n) is 3.00. The minimum atomic E-state index is 0.0491. The van der Waals surface area contributed by atoms with Gasteiger partial charge in [0, 0.05) is 24.7 Å². The molecule has 0 saturated carbocycles. The molecule has 1 aromatic carbocycles. The van der Waals surface area contributed by atoms with Crippen LogP contribution >= 0.6 is 0 Å². The highest BCUT2D eigenvalue weighted by molar-refractivity contribution is 5.95. The standard InChI is InChI=1S/C17H27N3O/c1-2-11-20-12-8-15(9-13-20)19-17(21)16-6-4-3-5-14(16)7-10-18/h3-6,15H,2,7-13,18H2,1H3,(H,19,21). The molecular formula is C17H27N3O. The van der Waals surface area contributed by atoms with Crippen molar-refractivity contribution in [1.29, 1.82) is 0 Å². The zero-order valence-electron chi connectivity index (χ0n) is 13.0. The number of carbonyl (C=O) groups is 1. The SMILES string of the molecule is CCCN1CCC(NC(=O)c2ccccc2CCN)CC1. The lowest BCUT2D eigenvalue weighted by atomic mass is 10.0. The van der Waals surface area contributed by atoms with Gasteiger partial charge in [-0.1, -0.05) is 25.1 Å². The number of piperidine rings is 1. The predicted octanol–water partition coefficient (Wildman–Crippen LogP) is 1.79. The van der Waals surface area contributed by atoms with Crippen molar-refractivity contribution in [2.45, 2.75) is 38.6 Å². The molecule has 0 aliphatic carbocycles. The molecule has 1 aliphatic heterocycles. The maximum atomic E-state index is 12.5. The fourth-order valence-corrected chi connectivity index (χ4v) is 3.00. The maximum absolute atomic E-state index is 12.5. The van der Waals surface area contributed by atoms with Gasteiger partial charge in [0.1, 0.15) is 0 Å². The first kappa shape index (κ1) is 16.0. The van der Waals surface area contributed by atoms with Gasteiger partial charge in [0.15, 0.2) is 0 Å². The second-order valence-electron chi connectivity index (χ2n) is 5.79. The minimum absolute atomic E-state index is 0.0491. The third-order valence-electron chi connectivity index (χ3n) is 4.14. The summed E-state index contributed by atoms with van der Waals surface area (Å²) in [6.07, 6.45) is 4.04. The first-order valence-electron chi connectivity index (χ1n) is 8.05. The molecule has 1 aromatic rings. The van der Waals surface area contributed by atoms with Gasteiger partial charge in [0.25, 0.3) is 5.91 Å². The van der Waals surface area contributed by atoms with E-state index in [1.807, 2.05) is 24.3 Å². The smallest absolute Gasteiger partial charge is 0.251 e. The Kier molecular flexibility index (Phi) is 6.21. The largest absolute Gasteiger partial charge is 0.349 e. The van der Waals surface area contributed by atoms with Crippen molar-refractivity contribution < 1.29 is 4.79 Å². The van der Waals surface area contributed by atoms with Gasteiger partial charge < -0.3 is 16.0 Å². The lowest BCUT2D eigenvalue weighted by molar-refractivity contribution is 0.0910. The minimum Gasteiger partial charge on any atom is -0.349 e. The molecule has 0 bridgehead atoms. The number of benzene rings is 1. The first-order valence-corrected chi connectivity index (χ1v) is 8.05. The number of hydrogen-bond acceptors (Lipinski definition) is 3. The number of rotatable bonds is 6. The summed E-state index contributed by atoms with van der Waals surface area (Å²) in [5, 5.41) is 3.19. The molecule has 0 aromatic heterocycles. The van der Waals surface area contributed by atoms with Crippen LogP contribution in [0.5, 0.6) is 0 Å². The van der Waals surface area contributed by atoms with Crippen LogP contribution in [0.15, 0.2) is 24.3 Å². The Hall–Kier alpha value is -1.39. The number of amides is 1. The number of nitrogens with one attached hydrogen (secondary N) is 1. The van der Waals surface area contributed by atoms with E-state index >= 15 is 0 Å². The Morgan fingerprint density at radius 1 is 1.33 bits per heavy atom. The average molecular weight is 289 g/mol. The molecule has 0 unspecified atom stereocenters. The third kappa shape index (κ3) is 4.55. The van der Waals surface area contributed by atoms with E-state index in [2.05, 4.69) is 17.1 Å². The number of hydrogen-bond donors (Lipinski definition) is 2. The van der Waals surface area contributed by atoms with Gasteiger partial charge in [-0.25, -0.2) is 0 Å². The van der Waals surface area contributed by atoms with E-state index in [4.69, 9.17) is 5.73 Å². The zero-order chi connectivity index (χ0) is 15.1. The summed E-state index contributed by atoms with van der Waals surface area (Å²) in [6.45, 7) is 6.12. The van der Waals surface area contributed by atoms with Crippen LogP contribution in [0.4, 0.5) is 0 Å².